The van der Waals surface area contributed by atoms with E-state index in [1.165, 1.54) is 12.1 Å². The Bertz CT molecular complexity index is 393. The zero-order chi connectivity index (χ0) is 11.6. The summed E-state index contributed by atoms with van der Waals surface area (Å²) in [4.78, 5) is 10.4. The smallest absolute Gasteiger partial charge is 0.258 e. The second kappa shape index (κ2) is 4.97. The highest BCUT2D eigenvalue weighted by Gasteiger charge is 2.34. The molecule has 0 spiro atoms. The minimum atomic E-state index is -1.87. The van der Waals surface area contributed by atoms with Crippen molar-refractivity contribution in [1.82, 2.24) is 0 Å². The Labute approximate surface area is 109 Å². The van der Waals surface area contributed by atoms with Crippen molar-refractivity contribution in [3.8, 4) is 0 Å². The van der Waals surface area contributed by atoms with Gasteiger partial charge in [-0.2, -0.15) is 0 Å². The molecule has 0 unspecified atom stereocenters. The van der Waals surface area contributed by atoms with Crippen LogP contribution in [0.5, 0.6) is 0 Å². The number of nitro groups is 1. The van der Waals surface area contributed by atoms with E-state index in [-0.39, 0.29) is 11.3 Å². The van der Waals surface area contributed by atoms with Gasteiger partial charge in [-0.25, -0.2) is 0 Å². The first kappa shape index (κ1) is 13.2. The summed E-state index contributed by atoms with van der Waals surface area (Å²) in [6.07, 6.45) is 0. The molecule has 0 saturated carbocycles. The molecule has 0 bridgehead atoms. The van der Waals surface area contributed by atoms with Crippen molar-refractivity contribution in [3.05, 3.63) is 33.9 Å². The van der Waals surface area contributed by atoms with Gasteiger partial charge in [-0.1, -0.05) is 40.9 Å². The van der Waals surface area contributed by atoms with Crippen molar-refractivity contribution in [1.29, 1.82) is 0 Å². The van der Waals surface area contributed by atoms with Crippen LogP contribution in [0.15, 0.2) is 23.1 Å². The fourth-order valence-electron chi connectivity index (χ4n) is 1.02. The first-order valence-electron chi connectivity index (χ1n) is 3.51. The summed E-state index contributed by atoms with van der Waals surface area (Å²) < 4.78 is -1.87. The number of rotatable bonds is 2. The van der Waals surface area contributed by atoms with Crippen LogP contribution in [-0.4, -0.2) is 4.92 Å². The SMILES string of the molecule is O=[N+]([O-])c1cccc(SCl)c1C(Cl)(Cl)Cl. The van der Waals surface area contributed by atoms with Crippen LogP contribution in [0.2, 0.25) is 0 Å². The fraction of sp³-hybridized carbons (Fsp3) is 0.143. The predicted molar refractivity (Wildman–Crippen MR) is 64.0 cm³/mol. The number of hydrogen-bond donors (Lipinski definition) is 0. The van der Waals surface area contributed by atoms with Gasteiger partial charge >= 0.3 is 0 Å². The summed E-state index contributed by atoms with van der Waals surface area (Å²) in [6.45, 7) is 0. The monoisotopic (exact) mass is 305 g/mol. The molecule has 3 nitrogen and oxygen atoms in total. The molecule has 1 rings (SSSR count). The topological polar surface area (TPSA) is 43.1 Å². The minimum Gasteiger partial charge on any atom is -0.258 e. The van der Waals surface area contributed by atoms with E-state index in [9.17, 15) is 10.1 Å². The van der Waals surface area contributed by atoms with Crippen LogP contribution in [0.25, 0.3) is 0 Å². The van der Waals surface area contributed by atoms with Gasteiger partial charge in [0.1, 0.15) is 0 Å². The predicted octanol–water partition coefficient (Wildman–Crippen LogP) is 4.67. The van der Waals surface area contributed by atoms with Crippen LogP contribution in [-0.2, 0) is 3.79 Å². The van der Waals surface area contributed by atoms with E-state index in [0.29, 0.717) is 4.90 Å². The first-order valence-corrected chi connectivity index (χ1v) is 6.28. The molecule has 0 aliphatic heterocycles. The number of nitrogens with zero attached hydrogens (tertiary/aromatic N) is 1. The van der Waals surface area contributed by atoms with Crippen LogP contribution >= 0.6 is 56.5 Å². The first-order chi connectivity index (χ1) is 6.88. The lowest BCUT2D eigenvalue weighted by molar-refractivity contribution is -0.385. The minimum absolute atomic E-state index is 0.0139. The maximum Gasteiger partial charge on any atom is 0.278 e. The zero-order valence-electron chi connectivity index (χ0n) is 6.92. The third-order valence-electron chi connectivity index (χ3n) is 1.57. The Kier molecular flexibility index (Phi) is 4.38. The molecule has 0 fully saturated rings. The Morgan fingerprint density at radius 1 is 1.33 bits per heavy atom. The number of hydrogen-bond acceptors (Lipinski definition) is 3. The summed E-state index contributed by atoms with van der Waals surface area (Å²) in [5.41, 5.74) is -0.277. The lowest BCUT2D eigenvalue weighted by atomic mass is 10.2. The second-order valence-corrected chi connectivity index (χ2v) is 5.82. The number of alkyl halides is 3. The summed E-state index contributed by atoms with van der Waals surface area (Å²) in [6, 6.07) is 4.28. The quantitative estimate of drug-likeness (QED) is 0.453. The zero-order valence-corrected chi connectivity index (χ0v) is 10.8. The third-order valence-corrected chi connectivity index (χ3v) is 3.14. The number of nitro benzene ring substituents is 1. The molecule has 0 aliphatic carbocycles. The molecule has 1 aromatic carbocycles. The van der Waals surface area contributed by atoms with Gasteiger partial charge in [-0.3, -0.25) is 10.1 Å². The van der Waals surface area contributed by atoms with Gasteiger partial charge in [0.2, 0.25) is 3.79 Å². The van der Waals surface area contributed by atoms with Crippen molar-refractivity contribution >= 4 is 62.1 Å². The molecule has 1 aromatic rings. The lowest BCUT2D eigenvalue weighted by Crippen LogP contribution is -2.06. The van der Waals surface area contributed by atoms with Crippen LogP contribution in [0, 0.1) is 10.1 Å². The van der Waals surface area contributed by atoms with E-state index in [1.54, 1.807) is 6.07 Å². The van der Waals surface area contributed by atoms with Crippen LogP contribution in [0.3, 0.4) is 0 Å². The molecule has 0 amide bonds. The highest BCUT2D eigenvalue weighted by Crippen LogP contribution is 2.47. The van der Waals surface area contributed by atoms with E-state index in [0.717, 1.165) is 11.0 Å². The van der Waals surface area contributed by atoms with Gasteiger partial charge in [-0.15, -0.1) is 0 Å². The number of benzene rings is 1. The van der Waals surface area contributed by atoms with Crippen molar-refractivity contribution in [3.63, 3.8) is 0 Å². The van der Waals surface area contributed by atoms with Gasteiger partial charge in [0, 0.05) is 11.0 Å². The van der Waals surface area contributed by atoms with E-state index in [4.69, 9.17) is 45.5 Å². The van der Waals surface area contributed by atoms with Crippen LogP contribution in [0.1, 0.15) is 5.56 Å². The molecular weight excluding hydrogens is 304 g/mol. The summed E-state index contributed by atoms with van der Waals surface area (Å²) >= 11 is 16.9. The Balaban J connectivity index is 3.47. The van der Waals surface area contributed by atoms with Crippen LogP contribution < -0.4 is 0 Å². The van der Waals surface area contributed by atoms with Crippen molar-refractivity contribution in [2.75, 3.05) is 0 Å². The van der Waals surface area contributed by atoms with E-state index in [2.05, 4.69) is 0 Å². The standard InChI is InChI=1S/C7H3Cl4NO2S/c8-7(9,10)6-4(12(13)14)2-1-3-5(6)15-11/h1-3H. The molecule has 0 atom stereocenters. The molecule has 15 heavy (non-hydrogen) atoms. The van der Waals surface area contributed by atoms with Crippen molar-refractivity contribution < 1.29 is 4.92 Å². The largest absolute Gasteiger partial charge is 0.278 e. The summed E-state index contributed by atoms with van der Waals surface area (Å²) in [7, 11) is 6.30. The van der Waals surface area contributed by atoms with Crippen molar-refractivity contribution in [2.45, 2.75) is 8.69 Å². The Hall–Kier alpha value is 0.130. The van der Waals surface area contributed by atoms with Crippen LogP contribution in [0.4, 0.5) is 5.69 Å². The van der Waals surface area contributed by atoms with E-state index < -0.39 is 8.72 Å². The summed E-state index contributed by atoms with van der Waals surface area (Å²) in [5, 5.41) is 10.7. The highest BCUT2D eigenvalue weighted by atomic mass is 35.7. The van der Waals surface area contributed by atoms with E-state index >= 15 is 0 Å². The molecule has 0 heterocycles. The average Bonchev–Trinajstić information content (AvgIpc) is 2.15. The van der Waals surface area contributed by atoms with Crippen molar-refractivity contribution in [2.24, 2.45) is 0 Å². The fourth-order valence-corrected chi connectivity index (χ4v) is 2.64. The normalized spacial score (nSPS) is 11.5. The highest BCUT2D eigenvalue weighted by molar-refractivity contribution is 8.21. The van der Waals surface area contributed by atoms with E-state index in [1.807, 2.05) is 0 Å². The molecular formula is C7H3Cl4NO2S. The maximum atomic E-state index is 10.7. The van der Waals surface area contributed by atoms with Gasteiger partial charge in [0.25, 0.3) is 5.69 Å². The van der Waals surface area contributed by atoms with Gasteiger partial charge in [0.05, 0.1) is 10.5 Å². The molecule has 82 valence electrons. The lowest BCUT2D eigenvalue weighted by Gasteiger charge is -2.14. The average molecular weight is 307 g/mol. The Morgan fingerprint density at radius 2 is 1.93 bits per heavy atom. The molecule has 8 heteroatoms. The molecule has 0 N–H and O–H groups in total. The molecule has 0 aliphatic rings. The molecule has 0 radical (unpaired) electrons. The Morgan fingerprint density at radius 3 is 2.33 bits per heavy atom. The summed E-state index contributed by atoms with van der Waals surface area (Å²) in [5.74, 6) is 0. The second-order valence-electron chi connectivity index (χ2n) is 2.48. The molecule has 0 saturated heterocycles. The maximum absolute atomic E-state index is 10.7. The van der Waals surface area contributed by atoms with Gasteiger partial charge < -0.3 is 0 Å². The number of halogens is 4. The molecule has 0 aromatic heterocycles. The van der Waals surface area contributed by atoms with Gasteiger partial charge in [0.15, 0.2) is 0 Å². The third kappa shape index (κ3) is 3.04. The van der Waals surface area contributed by atoms with Gasteiger partial charge in [-0.05, 0) is 27.7 Å².